The van der Waals surface area contributed by atoms with E-state index in [9.17, 15) is 12.8 Å². The Hall–Kier alpha value is -3.08. The minimum Gasteiger partial charge on any atom is -0.370 e. The fourth-order valence-electron chi connectivity index (χ4n) is 3.76. The van der Waals surface area contributed by atoms with Gasteiger partial charge in [0.05, 0.1) is 29.5 Å². The number of halogens is 2. The van der Waals surface area contributed by atoms with Gasteiger partial charge in [0.1, 0.15) is 11.4 Å². The summed E-state index contributed by atoms with van der Waals surface area (Å²) in [5.41, 5.74) is 1.13. The number of benzene rings is 1. The highest BCUT2D eigenvalue weighted by atomic mass is 32.2. The van der Waals surface area contributed by atoms with Crippen LogP contribution < -0.4 is 9.62 Å². The molecule has 8 nitrogen and oxygen atoms in total. The molecule has 0 aliphatic heterocycles. The first-order valence-electron chi connectivity index (χ1n) is 11.9. The molecular weight excluding hydrogens is 474 g/mol. The van der Waals surface area contributed by atoms with E-state index in [0.29, 0.717) is 17.7 Å². The average Bonchev–Trinajstić information content (AvgIpc) is 3.30. The fraction of sp³-hybridized carbons (Fsp3) is 0.458. The molecule has 1 N–H and O–H groups in total. The maximum Gasteiger partial charge on any atom is 0.232 e. The SMILES string of the molecule is CCCCCN(CCC)c1cncc(-c2cn(-c3c(F)ccc(NS(=O)(=O)CCC)c3F)nn2)c1. The summed E-state index contributed by atoms with van der Waals surface area (Å²) in [7, 11) is -3.75. The number of hydrogen-bond acceptors (Lipinski definition) is 6. The van der Waals surface area contributed by atoms with Crippen molar-refractivity contribution in [3.8, 4) is 16.9 Å². The average molecular weight is 507 g/mol. The molecule has 0 radical (unpaired) electrons. The molecule has 11 heteroatoms. The van der Waals surface area contributed by atoms with Crippen LogP contribution in [-0.2, 0) is 10.0 Å². The van der Waals surface area contributed by atoms with Gasteiger partial charge in [-0.15, -0.1) is 5.10 Å². The Morgan fingerprint density at radius 2 is 1.83 bits per heavy atom. The minimum atomic E-state index is -3.75. The molecule has 0 unspecified atom stereocenters. The first kappa shape index (κ1) is 26.5. The number of nitrogens with one attached hydrogen (secondary N) is 1. The monoisotopic (exact) mass is 506 g/mol. The molecule has 2 heterocycles. The van der Waals surface area contributed by atoms with E-state index in [0.717, 1.165) is 61.3 Å². The van der Waals surface area contributed by atoms with Crippen molar-refractivity contribution in [3.63, 3.8) is 0 Å². The van der Waals surface area contributed by atoms with Crippen molar-refractivity contribution < 1.29 is 17.2 Å². The standard InChI is InChI=1S/C24H32F2N6O2S/c1-4-7-8-12-31(11-5-2)19-14-18(15-27-16-19)22-17-32(30-28-22)24-20(25)9-10-21(23(24)26)29-35(33,34)13-6-3/h9-10,14-17,29H,4-8,11-13H2,1-3H3. The topological polar surface area (TPSA) is 93.0 Å². The zero-order valence-electron chi connectivity index (χ0n) is 20.3. The normalized spacial score (nSPS) is 11.6. The van der Waals surface area contributed by atoms with Crippen LogP contribution in [0.2, 0.25) is 0 Å². The minimum absolute atomic E-state index is 0.177. The molecule has 1 aromatic carbocycles. The molecule has 0 fully saturated rings. The van der Waals surface area contributed by atoms with Crippen molar-refractivity contribution >= 4 is 21.4 Å². The third-order valence-corrected chi connectivity index (χ3v) is 6.91. The summed E-state index contributed by atoms with van der Waals surface area (Å²) in [5.74, 6) is -2.14. The Morgan fingerprint density at radius 1 is 1.03 bits per heavy atom. The van der Waals surface area contributed by atoms with Gasteiger partial charge in [0.15, 0.2) is 11.6 Å². The van der Waals surface area contributed by atoms with E-state index in [4.69, 9.17) is 0 Å². The Balaban J connectivity index is 1.91. The van der Waals surface area contributed by atoms with Crippen LogP contribution in [0.25, 0.3) is 16.9 Å². The molecule has 2 aromatic heterocycles. The highest BCUT2D eigenvalue weighted by Gasteiger charge is 2.21. The lowest BCUT2D eigenvalue weighted by molar-refractivity contribution is 0.558. The van der Waals surface area contributed by atoms with Gasteiger partial charge in [0.2, 0.25) is 10.0 Å². The number of sulfonamides is 1. The van der Waals surface area contributed by atoms with Gasteiger partial charge in [-0.3, -0.25) is 9.71 Å². The van der Waals surface area contributed by atoms with Crippen LogP contribution in [0.15, 0.2) is 36.8 Å². The number of unbranched alkanes of at least 4 members (excludes halogenated alkanes) is 2. The van der Waals surface area contributed by atoms with E-state index in [1.807, 2.05) is 6.07 Å². The Morgan fingerprint density at radius 3 is 2.54 bits per heavy atom. The van der Waals surface area contributed by atoms with E-state index in [1.54, 1.807) is 19.3 Å². The van der Waals surface area contributed by atoms with Crippen LogP contribution in [0.4, 0.5) is 20.2 Å². The first-order valence-corrected chi connectivity index (χ1v) is 13.6. The second-order valence-corrected chi connectivity index (χ2v) is 10.2. The quantitative estimate of drug-likeness (QED) is 0.322. The number of anilines is 2. The number of hydrogen-bond donors (Lipinski definition) is 1. The zero-order valence-corrected chi connectivity index (χ0v) is 21.2. The molecule has 0 aliphatic carbocycles. The molecular formula is C24H32F2N6O2S. The van der Waals surface area contributed by atoms with Crippen molar-refractivity contribution in [1.29, 1.82) is 0 Å². The highest BCUT2D eigenvalue weighted by Crippen LogP contribution is 2.27. The smallest absolute Gasteiger partial charge is 0.232 e. The van der Waals surface area contributed by atoms with Crippen LogP contribution in [0.3, 0.4) is 0 Å². The lowest BCUT2D eigenvalue weighted by atomic mass is 10.2. The van der Waals surface area contributed by atoms with Gasteiger partial charge in [-0.05, 0) is 37.5 Å². The summed E-state index contributed by atoms with van der Waals surface area (Å²) < 4.78 is 57.0. The van der Waals surface area contributed by atoms with Crippen LogP contribution in [0.5, 0.6) is 0 Å². The molecule has 35 heavy (non-hydrogen) atoms. The van der Waals surface area contributed by atoms with Crippen LogP contribution >= 0.6 is 0 Å². The van der Waals surface area contributed by atoms with Gasteiger partial charge >= 0.3 is 0 Å². The molecule has 0 saturated carbocycles. The molecule has 3 aromatic rings. The molecule has 0 amide bonds. The van der Waals surface area contributed by atoms with Gasteiger partial charge in [0.25, 0.3) is 0 Å². The van der Waals surface area contributed by atoms with Gasteiger partial charge in [-0.1, -0.05) is 38.8 Å². The number of rotatable bonds is 13. The molecule has 190 valence electrons. The predicted molar refractivity (Wildman–Crippen MR) is 134 cm³/mol. The lowest BCUT2D eigenvalue weighted by Gasteiger charge is -2.24. The summed E-state index contributed by atoms with van der Waals surface area (Å²) in [4.78, 5) is 6.60. The Bertz CT molecular complexity index is 1230. The largest absolute Gasteiger partial charge is 0.370 e. The predicted octanol–water partition coefficient (Wildman–Crippen LogP) is 5.17. The molecule has 0 aliphatic rings. The van der Waals surface area contributed by atoms with Crippen LogP contribution in [0, 0.1) is 11.6 Å². The van der Waals surface area contributed by atoms with Crippen molar-refractivity contribution in [1.82, 2.24) is 20.0 Å². The summed E-state index contributed by atoms with van der Waals surface area (Å²) in [6.07, 6.45) is 9.52. The number of aromatic nitrogens is 4. The maximum absolute atomic E-state index is 15.1. The zero-order chi connectivity index (χ0) is 25.4. The van der Waals surface area contributed by atoms with Gasteiger partial charge < -0.3 is 4.90 Å². The number of nitrogens with zero attached hydrogens (tertiary/aromatic N) is 5. The molecule has 0 atom stereocenters. The second-order valence-electron chi connectivity index (χ2n) is 8.35. The van der Waals surface area contributed by atoms with Gasteiger partial charge in [-0.2, -0.15) is 0 Å². The van der Waals surface area contributed by atoms with Gasteiger partial charge in [0, 0.05) is 24.8 Å². The third-order valence-electron chi connectivity index (χ3n) is 5.44. The fourth-order valence-corrected chi connectivity index (χ4v) is 4.89. The van der Waals surface area contributed by atoms with Crippen LogP contribution in [-0.4, -0.2) is 47.2 Å². The van der Waals surface area contributed by atoms with E-state index in [1.165, 1.54) is 6.20 Å². The summed E-state index contributed by atoms with van der Waals surface area (Å²) in [6, 6.07) is 3.98. The van der Waals surface area contributed by atoms with Crippen molar-refractivity contribution in [2.24, 2.45) is 0 Å². The Kier molecular flexibility index (Phi) is 9.13. The van der Waals surface area contributed by atoms with Crippen molar-refractivity contribution in [2.45, 2.75) is 52.9 Å². The van der Waals surface area contributed by atoms with E-state index < -0.39 is 27.3 Å². The lowest BCUT2D eigenvalue weighted by Crippen LogP contribution is -2.25. The van der Waals surface area contributed by atoms with E-state index in [-0.39, 0.29) is 11.4 Å². The van der Waals surface area contributed by atoms with Crippen molar-refractivity contribution in [3.05, 3.63) is 48.4 Å². The third kappa shape index (κ3) is 6.74. The Labute approximate surface area is 205 Å². The molecule has 0 bridgehead atoms. The molecule has 3 rings (SSSR count). The van der Waals surface area contributed by atoms with Crippen LogP contribution in [0.1, 0.15) is 52.9 Å². The summed E-state index contributed by atoms with van der Waals surface area (Å²) in [5, 5.41) is 7.98. The maximum atomic E-state index is 15.1. The summed E-state index contributed by atoms with van der Waals surface area (Å²) in [6.45, 7) is 7.78. The summed E-state index contributed by atoms with van der Waals surface area (Å²) >= 11 is 0. The van der Waals surface area contributed by atoms with Crippen molar-refractivity contribution in [2.75, 3.05) is 28.5 Å². The first-order chi connectivity index (χ1) is 16.8. The van der Waals surface area contributed by atoms with E-state index in [2.05, 4.69) is 38.8 Å². The highest BCUT2D eigenvalue weighted by molar-refractivity contribution is 7.92. The second kappa shape index (κ2) is 12.1. The van der Waals surface area contributed by atoms with Gasteiger partial charge in [-0.25, -0.2) is 21.9 Å². The van der Waals surface area contributed by atoms with E-state index >= 15 is 4.39 Å². The molecule has 0 spiro atoms. The number of pyridine rings is 1. The molecule has 0 saturated heterocycles.